The third-order valence-electron chi connectivity index (χ3n) is 7.64. The summed E-state index contributed by atoms with van der Waals surface area (Å²) in [5.41, 5.74) is 7.64. The maximum absolute atomic E-state index is 15.4. The van der Waals surface area contributed by atoms with E-state index in [1.807, 2.05) is 30.3 Å². The van der Waals surface area contributed by atoms with Gasteiger partial charge in [0.25, 0.3) is 0 Å². The zero-order valence-corrected chi connectivity index (χ0v) is 22.6. The van der Waals surface area contributed by atoms with E-state index < -0.39 is 29.0 Å². The molecule has 4 rings (SSSR count). The molecule has 156 valence electrons. The first-order valence-corrected chi connectivity index (χ1v) is 24.1. The Balaban J connectivity index is 2.00. The molecular formula is C26H30F2SiZr. The maximum atomic E-state index is 15.4. The van der Waals surface area contributed by atoms with E-state index in [-0.39, 0.29) is 3.63 Å². The standard InChI is InChI=1S/C15H9F2.C9H13.2CH3.H2Si.Zr/c16-11-8-14-12(10-4-2-1-3-5-10)6-7-13(14)15(17)9-11;1-6-5-7(2)9(4)8(6)3;;;;/h1-9H;6H,1-4H3;2*1H3;1H2;. The minimum absolute atomic E-state index is 0.0154. The van der Waals surface area contributed by atoms with E-state index in [2.05, 4.69) is 49.9 Å². The van der Waals surface area contributed by atoms with Gasteiger partial charge in [-0.2, -0.15) is 0 Å². The number of benzene rings is 2. The fraction of sp³-hybridized carbons (Fsp3) is 0.308. The molecule has 30 heavy (non-hydrogen) atoms. The van der Waals surface area contributed by atoms with Crippen molar-refractivity contribution in [1.29, 1.82) is 0 Å². The molecular weight excluding hydrogens is 470 g/mol. The second kappa shape index (κ2) is 7.07. The van der Waals surface area contributed by atoms with Crippen LogP contribution in [0.15, 0.2) is 68.5 Å². The number of fused-ring (bicyclic) bond motifs is 1. The Hall–Kier alpha value is -1.38. The van der Waals surface area contributed by atoms with E-state index in [1.54, 1.807) is 3.28 Å². The fourth-order valence-electron chi connectivity index (χ4n) is 5.92. The van der Waals surface area contributed by atoms with Crippen LogP contribution in [-0.4, -0.2) is 6.88 Å². The molecule has 0 saturated carbocycles. The normalized spacial score (nSPS) is 22.0. The molecule has 2 aliphatic carbocycles. The topological polar surface area (TPSA) is 0 Å². The number of hydrogen-bond donors (Lipinski definition) is 0. The van der Waals surface area contributed by atoms with E-state index in [4.69, 9.17) is 0 Å². The number of allylic oxidation sites excluding steroid dienone is 5. The molecule has 0 spiro atoms. The Morgan fingerprint density at radius 1 is 0.933 bits per heavy atom. The molecule has 2 atom stereocenters. The molecule has 2 aromatic rings. The van der Waals surface area contributed by atoms with Crippen molar-refractivity contribution in [3.63, 3.8) is 0 Å². The third kappa shape index (κ3) is 3.14. The Labute approximate surface area is 181 Å². The van der Waals surface area contributed by atoms with Gasteiger partial charge in [-0.1, -0.05) is 0 Å². The number of rotatable bonds is 3. The van der Waals surface area contributed by atoms with Crippen LogP contribution in [0, 0.1) is 17.6 Å². The Kier molecular flexibility index (Phi) is 5.15. The van der Waals surface area contributed by atoms with Crippen LogP contribution in [0.3, 0.4) is 0 Å². The summed E-state index contributed by atoms with van der Waals surface area (Å²) in [5, 5.41) is 0. The molecule has 0 bridgehead atoms. The van der Waals surface area contributed by atoms with Crippen LogP contribution in [0.5, 0.6) is 0 Å². The van der Waals surface area contributed by atoms with Crippen LogP contribution in [-0.2, 0) is 17.4 Å². The van der Waals surface area contributed by atoms with Crippen molar-refractivity contribution in [2.24, 2.45) is 5.92 Å². The van der Waals surface area contributed by atoms with Gasteiger partial charge in [-0.15, -0.1) is 0 Å². The first-order chi connectivity index (χ1) is 13.9. The van der Waals surface area contributed by atoms with Gasteiger partial charge in [0.05, 0.1) is 0 Å². The average Bonchev–Trinajstić information content (AvgIpc) is 3.15. The fourth-order valence-corrected chi connectivity index (χ4v) is 24.3. The van der Waals surface area contributed by atoms with Crippen LogP contribution in [0.25, 0.3) is 5.57 Å². The first kappa shape index (κ1) is 21.8. The molecule has 0 nitrogen and oxygen atoms in total. The monoisotopic (exact) mass is 498 g/mol. The summed E-state index contributed by atoms with van der Waals surface area (Å²) in [4.78, 5) is 0. The molecule has 0 fully saturated rings. The van der Waals surface area contributed by atoms with Gasteiger partial charge < -0.3 is 0 Å². The quantitative estimate of drug-likeness (QED) is 0.397. The summed E-state index contributed by atoms with van der Waals surface area (Å²) in [6.07, 6.45) is 2.26. The van der Waals surface area contributed by atoms with E-state index in [0.29, 0.717) is 11.5 Å². The van der Waals surface area contributed by atoms with Gasteiger partial charge in [-0.3, -0.25) is 0 Å². The van der Waals surface area contributed by atoms with Crippen molar-refractivity contribution in [3.05, 3.63) is 96.9 Å². The molecule has 0 amide bonds. The molecule has 0 aliphatic heterocycles. The summed E-state index contributed by atoms with van der Waals surface area (Å²) in [6, 6.07) is 12.6. The van der Waals surface area contributed by atoms with Crippen LogP contribution in [0.2, 0.25) is 9.26 Å². The Bertz CT molecular complexity index is 1230. The van der Waals surface area contributed by atoms with Crippen molar-refractivity contribution < 1.29 is 26.2 Å². The van der Waals surface area contributed by atoms with Crippen molar-refractivity contribution in [2.75, 3.05) is 0 Å². The molecule has 2 unspecified atom stereocenters. The number of halogens is 2. The van der Waals surface area contributed by atoms with Gasteiger partial charge in [0.1, 0.15) is 0 Å². The summed E-state index contributed by atoms with van der Waals surface area (Å²) >= 11 is -3.72. The molecule has 4 heteroatoms. The zero-order chi connectivity index (χ0) is 22.0. The van der Waals surface area contributed by atoms with Gasteiger partial charge >= 0.3 is 182 Å². The van der Waals surface area contributed by atoms with E-state index in [1.165, 1.54) is 22.8 Å². The Morgan fingerprint density at radius 2 is 1.57 bits per heavy atom. The molecule has 2 aromatic carbocycles. The predicted molar refractivity (Wildman–Crippen MR) is 123 cm³/mol. The van der Waals surface area contributed by atoms with Crippen LogP contribution in [0.4, 0.5) is 8.78 Å². The molecule has 0 N–H and O–H groups in total. The van der Waals surface area contributed by atoms with E-state index >= 15 is 4.39 Å². The third-order valence-corrected chi connectivity index (χ3v) is 24.8. The zero-order valence-electron chi connectivity index (χ0n) is 18.7. The predicted octanol–water partition coefficient (Wildman–Crippen LogP) is 7.05. The molecule has 0 radical (unpaired) electrons. The van der Waals surface area contributed by atoms with Gasteiger partial charge in [-0.25, -0.2) is 0 Å². The summed E-state index contributed by atoms with van der Waals surface area (Å²) in [6.45, 7) is 11.1. The van der Waals surface area contributed by atoms with Crippen molar-refractivity contribution in [3.8, 4) is 0 Å². The van der Waals surface area contributed by atoms with Crippen LogP contribution in [0.1, 0.15) is 48.0 Å². The van der Waals surface area contributed by atoms with E-state index in [9.17, 15) is 4.39 Å². The minimum atomic E-state index is -3.72. The SMILES string of the molecule is CC1=C(C)C(C)[C]([Zr]([CH3])([CH3])(=[SiH2])[CH]2C=C(c3ccccc3)c3cc(F)cc(F)c32)=C1C. The van der Waals surface area contributed by atoms with Crippen molar-refractivity contribution in [1.82, 2.24) is 0 Å². The van der Waals surface area contributed by atoms with Gasteiger partial charge in [-0.05, 0) is 0 Å². The van der Waals surface area contributed by atoms with Crippen LogP contribution < -0.4 is 0 Å². The summed E-state index contributed by atoms with van der Waals surface area (Å²) < 4.78 is 36.1. The van der Waals surface area contributed by atoms with E-state index in [0.717, 1.165) is 22.8 Å². The second-order valence-electron chi connectivity index (χ2n) is 10.2. The summed E-state index contributed by atoms with van der Waals surface area (Å²) in [5.74, 6) is -0.519. The average molecular weight is 500 g/mol. The molecule has 0 heterocycles. The molecule has 0 saturated heterocycles. The summed E-state index contributed by atoms with van der Waals surface area (Å²) in [7, 11) is 0. The molecule has 0 aromatic heterocycles. The van der Waals surface area contributed by atoms with Crippen molar-refractivity contribution >= 4 is 12.5 Å². The first-order valence-electron chi connectivity index (χ1n) is 10.7. The van der Waals surface area contributed by atoms with Gasteiger partial charge in [0, 0.05) is 0 Å². The second-order valence-corrected chi connectivity index (χ2v) is 39.7. The van der Waals surface area contributed by atoms with Gasteiger partial charge in [0.2, 0.25) is 0 Å². The van der Waals surface area contributed by atoms with Gasteiger partial charge in [0.15, 0.2) is 0 Å². The van der Waals surface area contributed by atoms with Crippen LogP contribution >= 0.6 is 0 Å². The Morgan fingerprint density at radius 3 is 2.13 bits per heavy atom. The number of hydrogen-bond acceptors (Lipinski definition) is 0. The molecule has 2 aliphatic rings. The van der Waals surface area contributed by atoms with Crippen molar-refractivity contribution in [2.45, 2.75) is 40.6 Å².